The quantitative estimate of drug-likeness (QED) is 0.868. The predicted octanol–water partition coefficient (Wildman–Crippen LogP) is 2.53. The molecule has 0 aromatic heterocycles. The molecular weight excluding hydrogens is 315 g/mol. The Morgan fingerprint density at radius 2 is 2.05 bits per heavy atom. The standard InChI is InChI=1S/C14H10BrFO3/c15-10-4-5-13(12(7-10)14(17)18)19-8-9-2-1-3-11(16)6-9/h1-7H,8H2,(H,17,18)/p-1. The molecule has 0 radical (unpaired) electrons. The molecule has 0 amide bonds. The Kier molecular flexibility index (Phi) is 4.16. The predicted molar refractivity (Wildman–Crippen MR) is 69.2 cm³/mol. The minimum absolute atomic E-state index is 0.0502. The monoisotopic (exact) mass is 323 g/mol. The lowest BCUT2D eigenvalue weighted by molar-refractivity contribution is -0.255. The molecule has 5 heteroatoms. The average molecular weight is 324 g/mol. The Balaban J connectivity index is 2.17. The van der Waals surface area contributed by atoms with Crippen LogP contribution >= 0.6 is 15.9 Å². The van der Waals surface area contributed by atoms with Crippen molar-refractivity contribution in [2.24, 2.45) is 0 Å². The molecule has 2 aromatic carbocycles. The lowest BCUT2D eigenvalue weighted by Crippen LogP contribution is -2.23. The fraction of sp³-hybridized carbons (Fsp3) is 0.0714. The number of aromatic carboxylic acids is 1. The summed E-state index contributed by atoms with van der Waals surface area (Å²) in [5.41, 5.74) is 0.568. The van der Waals surface area contributed by atoms with Gasteiger partial charge in [0.1, 0.15) is 18.2 Å². The van der Waals surface area contributed by atoms with Gasteiger partial charge >= 0.3 is 0 Å². The van der Waals surface area contributed by atoms with Crippen molar-refractivity contribution >= 4 is 21.9 Å². The Morgan fingerprint density at radius 1 is 1.26 bits per heavy atom. The van der Waals surface area contributed by atoms with Gasteiger partial charge in [0, 0.05) is 10.0 Å². The van der Waals surface area contributed by atoms with E-state index in [1.54, 1.807) is 18.2 Å². The molecule has 0 N–H and O–H groups in total. The number of benzene rings is 2. The van der Waals surface area contributed by atoms with Gasteiger partial charge < -0.3 is 14.6 Å². The molecule has 0 saturated carbocycles. The highest BCUT2D eigenvalue weighted by atomic mass is 79.9. The van der Waals surface area contributed by atoms with Gasteiger partial charge in [-0.2, -0.15) is 0 Å². The van der Waals surface area contributed by atoms with E-state index in [2.05, 4.69) is 15.9 Å². The Labute approximate surface area is 117 Å². The summed E-state index contributed by atoms with van der Waals surface area (Å²) in [5.74, 6) is -1.50. The van der Waals surface area contributed by atoms with Gasteiger partial charge in [0.05, 0.1) is 5.97 Å². The van der Waals surface area contributed by atoms with Gasteiger partial charge in [-0.15, -0.1) is 0 Å². The van der Waals surface area contributed by atoms with Crippen molar-refractivity contribution in [1.29, 1.82) is 0 Å². The third-order valence-electron chi connectivity index (χ3n) is 2.44. The summed E-state index contributed by atoms with van der Waals surface area (Å²) in [7, 11) is 0. The SMILES string of the molecule is O=C([O-])c1cc(Br)ccc1OCc1cccc(F)c1. The maximum absolute atomic E-state index is 13.0. The summed E-state index contributed by atoms with van der Waals surface area (Å²) in [6, 6.07) is 10.5. The minimum Gasteiger partial charge on any atom is -0.545 e. The lowest BCUT2D eigenvalue weighted by atomic mass is 10.2. The third-order valence-corrected chi connectivity index (χ3v) is 2.94. The number of hydrogen-bond acceptors (Lipinski definition) is 3. The number of carboxylic acid groups (broad SMARTS) is 1. The number of carboxylic acids is 1. The molecule has 0 unspecified atom stereocenters. The molecular formula is C14H9BrFO3-. The van der Waals surface area contributed by atoms with Crippen LogP contribution in [0.3, 0.4) is 0 Å². The Hall–Kier alpha value is -1.88. The fourth-order valence-electron chi connectivity index (χ4n) is 1.58. The summed E-state index contributed by atoms with van der Waals surface area (Å²) < 4.78 is 19.0. The molecule has 0 aliphatic rings. The van der Waals surface area contributed by atoms with E-state index in [0.29, 0.717) is 10.0 Å². The Morgan fingerprint density at radius 3 is 2.74 bits per heavy atom. The largest absolute Gasteiger partial charge is 0.545 e. The molecule has 19 heavy (non-hydrogen) atoms. The summed E-state index contributed by atoms with van der Waals surface area (Å²) in [6.45, 7) is 0.0830. The molecule has 0 spiro atoms. The van der Waals surface area contributed by atoms with Gasteiger partial charge in [-0.3, -0.25) is 0 Å². The summed E-state index contributed by atoms with van der Waals surface area (Å²) >= 11 is 3.17. The highest BCUT2D eigenvalue weighted by Gasteiger charge is 2.06. The zero-order valence-corrected chi connectivity index (χ0v) is 11.3. The average Bonchev–Trinajstić information content (AvgIpc) is 2.37. The smallest absolute Gasteiger partial charge is 0.128 e. The third kappa shape index (κ3) is 3.54. The Bertz CT molecular complexity index is 613. The van der Waals surface area contributed by atoms with Crippen molar-refractivity contribution in [2.75, 3.05) is 0 Å². The van der Waals surface area contributed by atoms with Crippen molar-refractivity contribution in [1.82, 2.24) is 0 Å². The van der Waals surface area contributed by atoms with Crippen LogP contribution in [0.1, 0.15) is 15.9 Å². The van der Waals surface area contributed by atoms with E-state index < -0.39 is 5.97 Å². The fourth-order valence-corrected chi connectivity index (χ4v) is 1.94. The van der Waals surface area contributed by atoms with Gasteiger partial charge in [0.2, 0.25) is 0 Å². The lowest BCUT2D eigenvalue weighted by Gasteiger charge is -2.12. The highest BCUT2D eigenvalue weighted by molar-refractivity contribution is 9.10. The minimum atomic E-state index is -1.32. The summed E-state index contributed by atoms with van der Waals surface area (Å²) in [4.78, 5) is 11.0. The number of carbonyl (C=O) groups excluding carboxylic acids is 1. The van der Waals surface area contributed by atoms with E-state index in [0.717, 1.165) is 0 Å². The first kappa shape index (κ1) is 13.5. The van der Waals surface area contributed by atoms with Crippen molar-refractivity contribution in [3.8, 4) is 5.75 Å². The first-order valence-corrected chi connectivity index (χ1v) is 6.23. The number of carbonyl (C=O) groups is 1. The second kappa shape index (κ2) is 5.84. The maximum atomic E-state index is 13.0. The van der Waals surface area contributed by atoms with Gasteiger partial charge in [0.15, 0.2) is 0 Å². The molecule has 98 valence electrons. The van der Waals surface area contributed by atoms with Crippen LogP contribution in [0, 0.1) is 5.82 Å². The van der Waals surface area contributed by atoms with Crippen LogP contribution in [-0.4, -0.2) is 5.97 Å². The van der Waals surface area contributed by atoms with Crippen LogP contribution < -0.4 is 9.84 Å². The summed E-state index contributed by atoms with van der Waals surface area (Å²) in [6.07, 6.45) is 0. The topological polar surface area (TPSA) is 49.4 Å². The second-order valence-electron chi connectivity index (χ2n) is 3.85. The molecule has 3 nitrogen and oxygen atoms in total. The highest BCUT2D eigenvalue weighted by Crippen LogP contribution is 2.23. The van der Waals surface area contributed by atoms with Crippen molar-refractivity contribution in [2.45, 2.75) is 6.61 Å². The van der Waals surface area contributed by atoms with E-state index in [4.69, 9.17) is 4.74 Å². The summed E-state index contributed by atoms with van der Waals surface area (Å²) in [5, 5.41) is 11.0. The molecule has 2 rings (SSSR count). The van der Waals surface area contributed by atoms with E-state index >= 15 is 0 Å². The molecule has 0 atom stereocenters. The van der Waals surface area contributed by atoms with Gasteiger partial charge in [-0.05, 0) is 35.9 Å². The van der Waals surface area contributed by atoms with Crippen LogP contribution in [0.2, 0.25) is 0 Å². The number of hydrogen-bond donors (Lipinski definition) is 0. The number of ether oxygens (including phenoxy) is 1. The van der Waals surface area contributed by atoms with E-state index in [1.807, 2.05) is 0 Å². The van der Waals surface area contributed by atoms with E-state index in [-0.39, 0.29) is 23.7 Å². The number of rotatable bonds is 4. The first-order chi connectivity index (χ1) is 9.06. The molecule has 2 aromatic rings. The molecule has 0 bridgehead atoms. The van der Waals surface area contributed by atoms with Crippen LogP contribution in [-0.2, 0) is 6.61 Å². The van der Waals surface area contributed by atoms with Crippen LogP contribution in [0.15, 0.2) is 46.9 Å². The normalized spacial score (nSPS) is 10.2. The molecule has 0 heterocycles. The van der Waals surface area contributed by atoms with Gasteiger partial charge in [0.25, 0.3) is 0 Å². The van der Waals surface area contributed by atoms with Gasteiger partial charge in [-0.25, -0.2) is 4.39 Å². The van der Waals surface area contributed by atoms with Crippen molar-refractivity contribution in [3.63, 3.8) is 0 Å². The van der Waals surface area contributed by atoms with Crippen LogP contribution in [0.4, 0.5) is 4.39 Å². The van der Waals surface area contributed by atoms with Crippen molar-refractivity contribution in [3.05, 3.63) is 63.9 Å². The second-order valence-corrected chi connectivity index (χ2v) is 4.76. The van der Waals surface area contributed by atoms with Crippen LogP contribution in [0.25, 0.3) is 0 Å². The zero-order valence-electron chi connectivity index (χ0n) is 9.73. The van der Waals surface area contributed by atoms with Crippen LogP contribution in [0.5, 0.6) is 5.75 Å². The van der Waals surface area contributed by atoms with Gasteiger partial charge in [-0.1, -0.05) is 28.1 Å². The molecule has 0 aliphatic carbocycles. The van der Waals surface area contributed by atoms with E-state index in [9.17, 15) is 14.3 Å². The first-order valence-electron chi connectivity index (χ1n) is 5.44. The maximum Gasteiger partial charge on any atom is 0.128 e. The zero-order chi connectivity index (χ0) is 13.8. The molecule has 0 fully saturated rings. The molecule has 0 aliphatic heterocycles. The number of halogens is 2. The van der Waals surface area contributed by atoms with E-state index in [1.165, 1.54) is 24.3 Å². The molecule has 0 saturated heterocycles. The van der Waals surface area contributed by atoms with Crippen molar-refractivity contribution < 1.29 is 19.0 Å².